The fourth-order valence-corrected chi connectivity index (χ4v) is 0.632. The molecular formula is C6H16BaN2O2. The van der Waals surface area contributed by atoms with Gasteiger partial charge in [0.05, 0.1) is 0 Å². The molecule has 4 nitrogen and oxygen atoms in total. The van der Waals surface area contributed by atoms with Crippen LogP contribution in [0.2, 0.25) is 0 Å². The monoisotopic (exact) mass is 286 g/mol. The van der Waals surface area contributed by atoms with Gasteiger partial charge in [-0.3, -0.25) is 4.79 Å². The SMILES string of the molecule is NCCCCC(N)C(=O)O.[Ba+2].[H-].[H-]. The Labute approximate surface area is 110 Å². The quantitative estimate of drug-likeness (QED) is 0.463. The van der Waals surface area contributed by atoms with Crippen molar-refractivity contribution in [3.8, 4) is 0 Å². The Morgan fingerprint density at radius 1 is 1.55 bits per heavy atom. The van der Waals surface area contributed by atoms with Crippen molar-refractivity contribution in [2.24, 2.45) is 11.5 Å². The molecule has 0 radical (unpaired) electrons. The number of nitrogens with two attached hydrogens (primary N) is 2. The molecule has 5 N–H and O–H groups in total. The summed E-state index contributed by atoms with van der Waals surface area (Å²) in [5.41, 5.74) is 10.4. The Morgan fingerprint density at radius 3 is 2.45 bits per heavy atom. The number of carboxylic acids is 1. The second kappa shape index (κ2) is 9.05. The number of hydrogen-bond donors (Lipinski definition) is 3. The summed E-state index contributed by atoms with van der Waals surface area (Å²) in [5.74, 6) is -0.933. The molecule has 1 unspecified atom stereocenters. The molecule has 0 saturated heterocycles. The maximum atomic E-state index is 10.1. The van der Waals surface area contributed by atoms with Crippen LogP contribution in [0.4, 0.5) is 0 Å². The van der Waals surface area contributed by atoms with Gasteiger partial charge < -0.3 is 19.4 Å². The Hall–Kier alpha value is 0.961. The zero-order chi connectivity index (χ0) is 7.98. The van der Waals surface area contributed by atoms with Crippen molar-refractivity contribution < 1.29 is 12.8 Å². The third-order valence-electron chi connectivity index (χ3n) is 1.29. The van der Waals surface area contributed by atoms with E-state index in [9.17, 15) is 4.79 Å². The average Bonchev–Trinajstić information content (AvgIpc) is 1.88. The summed E-state index contributed by atoms with van der Waals surface area (Å²) in [6.45, 7) is 0.604. The summed E-state index contributed by atoms with van der Waals surface area (Å²) < 4.78 is 0. The van der Waals surface area contributed by atoms with E-state index < -0.39 is 12.0 Å². The van der Waals surface area contributed by atoms with Crippen LogP contribution in [0.3, 0.4) is 0 Å². The smallest absolute Gasteiger partial charge is 1.00 e. The fraction of sp³-hybridized carbons (Fsp3) is 0.833. The molecule has 0 spiro atoms. The minimum absolute atomic E-state index is 0. The average molecular weight is 286 g/mol. The van der Waals surface area contributed by atoms with Gasteiger partial charge in [-0.05, 0) is 19.4 Å². The summed E-state index contributed by atoms with van der Waals surface area (Å²) in [5, 5.41) is 8.33. The first-order valence-corrected chi connectivity index (χ1v) is 3.37. The molecular weight excluding hydrogens is 269 g/mol. The van der Waals surface area contributed by atoms with Crippen LogP contribution in [-0.4, -0.2) is 72.5 Å². The minimum atomic E-state index is -0.933. The van der Waals surface area contributed by atoms with Gasteiger partial charge >= 0.3 is 54.9 Å². The number of carbonyl (C=O) groups is 1. The van der Waals surface area contributed by atoms with Gasteiger partial charge in [0, 0.05) is 0 Å². The Morgan fingerprint density at radius 2 is 2.09 bits per heavy atom. The van der Waals surface area contributed by atoms with Crippen LogP contribution < -0.4 is 11.5 Å². The topological polar surface area (TPSA) is 89.3 Å². The molecule has 5 heteroatoms. The first-order chi connectivity index (χ1) is 4.68. The van der Waals surface area contributed by atoms with E-state index in [1.165, 1.54) is 0 Å². The zero-order valence-electron chi connectivity index (χ0n) is 8.62. The first-order valence-electron chi connectivity index (χ1n) is 3.37. The van der Waals surface area contributed by atoms with E-state index in [0.717, 1.165) is 12.8 Å². The zero-order valence-corrected chi connectivity index (χ0v) is 11.1. The number of aliphatic carboxylic acids is 1. The molecule has 0 rings (SSSR count). The number of rotatable bonds is 5. The van der Waals surface area contributed by atoms with Crippen molar-refractivity contribution in [2.75, 3.05) is 6.54 Å². The van der Waals surface area contributed by atoms with E-state index >= 15 is 0 Å². The molecule has 0 aromatic carbocycles. The third kappa shape index (κ3) is 8.87. The summed E-state index contributed by atoms with van der Waals surface area (Å²) in [4.78, 5) is 10.1. The van der Waals surface area contributed by atoms with Crippen LogP contribution in [0, 0.1) is 0 Å². The minimum Gasteiger partial charge on any atom is -1.00 e. The Kier molecular flexibility index (Phi) is 11.9. The molecule has 0 amide bonds. The van der Waals surface area contributed by atoms with Gasteiger partial charge in [0.15, 0.2) is 0 Å². The number of carboxylic acid groups (broad SMARTS) is 1. The van der Waals surface area contributed by atoms with Crippen molar-refractivity contribution >= 4 is 54.9 Å². The second-order valence-corrected chi connectivity index (χ2v) is 2.23. The van der Waals surface area contributed by atoms with E-state index in [1.54, 1.807) is 0 Å². The van der Waals surface area contributed by atoms with Crippen LogP contribution in [0.15, 0.2) is 0 Å². The van der Waals surface area contributed by atoms with Gasteiger partial charge in [-0.15, -0.1) is 0 Å². The van der Waals surface area contributed by atoms with Crippen molar-refractivity contribution in [1.29, 1.82) is 0 Å². The first kappa shape index (κ1) is 14.5. The maximum Gasteiger partial charge on any atom is 2.00 e. The van der Waals surface area contributed by atoms with Crippen molar-refractivity contribution in [3.63, 3.8) is 0 Å². The predicted octanol–water partition coefficient (Wildman–Crippen LogP) is -0.628. The normalized spacial score (nSPS) is 11.8. The van der Waals surface area contributed by atoms with E-state index in [1.807, 2.05) is 0 Å². The molecule has 0 aliphatic carbocycles. The van der Waals surface area contributed by atoms with Crippen LogP contribution in [0.25, 0.3) is 0 Å². The molecule has 64 valence electrons. The van der Waals surface area contributed by atoms with Crippen molar-refractivity contribution in [1.82, 2.24) is 0 Å². The van der Waals surface area contributed by atoms with Gasteiger partial charge in [0.25, 0.3) is 0 Å². The van der Waals surface area contributed by atoms with Crippen molar-refractivity contribution in [2.45, 2.75) is 25.3 Å². The number of unbranched alkanes of at least 4 members (excludes halogenated alkanes) is 1. The summed E-state index contributed by atoms with van der Waals surface area (Å²) in [6.07, 6.45) is 2.16. The van der Waals surface area contributed by atoms with E-state index in [2.05, 4.69) is 0 Å². The van der Waals surface area contributed by atoms with Crippen LogP contribution in [0.5, 0.6) is 0 Å². The predicted molar refractivity (Wildman–Crippen MR) is 46.5 cm³/mol. The second-order valence-electron chi connectivity index (χ2n) is 2.23. The summed E-state index contributed by atoms with van der Waals surface area (Å²) in [7, 11) is 0. The standard InChI is InChI=1S/C6H14N2O2.Ba.2H/c7-4-2-1-3-5(8)6(9)10;;;/h5H,1-4,7-8H2,(H,9,10);;;/q;+2;2*-1. The van der Waals surface area contributed by atoms with Crippen LogP contribution >= 0.6 is 0 Å². The largest absolute Gasteiger partial charge is 2.00 e. The molecule has 1 atom stereocenters. The molecule has 0 aliphatic rings. The number of hydrogen-bond acceptors (Lipinski definition) is 3. The van der Waals surface area contributed by atoms with Gasteiger partial charge in [0.1, 0.15) is 6.04 Å². The van der Waals surface area contributed by atoms with E-state index in [4.69, 9.17) is 16.6 Å². The van der Waals surface area contributed by atoms with Crippen LogP contribution in [-0.2, 0) is 4.79 Å². The molecule has 0 aromatic heterocycles. The summed E-state index contributed by atoms with van der Waals surface area (Å²) in [6, 6.07) is -0.716. The van der Waals surface area contributed by atoms with Gasteiger partial charge in [-0.2, -0.15) is 0 Å². The third-order valence-corrected chi connectivity index (χ3v) is 1.29. The van der Waals surface area contributed by atoms with Gasteiger partial charge in [-0.25, -0.2) is 0 Å². The van der Waals surface area contributed by atoms with Gasteiger partial charge in [-0.1, -0.05) is 6.42 Å². The Balaban J connectivity index is -0.000000135. The summed E-state index contributed by atoms with van der Waals surface area (Å²) >= 11 is 0. The van der Waals surface area contributed by atoms with Crippen LogP contribution in [0.1, 0.15) is 22.1 Å². The maximum absolute atomic E-state index is 10.1. The molecule has 0 aliphatic heterocycles. The van der Waals surface area contributed by atoms with E-state index in [-0.39, 0.29) is 51.7 Å². The molecule has 0 aromatic rings. The molecule has 0 saturated carbocycles. The van der Waals surface area contributed by atoms with Gasteiger partial charge in [0.2, 0.25) is 0 Å². The molecule has 0 heterocycles. The molecule has 11 heavy (non-hydrogen) atoms. The van der Waals surface area contributed by atoms with Crippen molar-refractivity contribution in [3.05, 3.63) is 0 Å². The Bertz CT molecular complexity index is 119. The molecule has 0 bridgehead atoms. The fourth-order valence-electron chi connectivity index (χ4n) is 0.632. The van der Waals surface area contributed by atoms with E-state index in [0.29, 0.717) is 13.0 Å². The molecule has 0 fully saturated rings.